The van der Waals surface area contributed by atoms with E-state index in [1.54, 1.807) is 7.11 Å². The van der Waals surface area contributed by atoms with Crippen LogP contribution < -0.4 is 4.74 Å². The van der Waals surface area contributed by atoms with Crippen molar-refractivity contribution < 1.29 is 9.84 Å². The highest BCUT2D eigenvalue weighted by Crippen LogP contribution is 2.33. The molecule has 2 heteroatoms. The molecule has 0 amide bonds. The molecule has 0 radical (unpaired) electrons. The van der Waals surface area contributed by atoms with Crippen LogP contribution in [-0.2, 0) is 0 Å². The van der Waals surface area contributed by atoms with Gasteiger partial charge in [0.2, 0.25) is 0 Å². The average molecular weight is 262 g/mol. The van der Waals surface area contributed by atoms with Gasteiger partial charge in [0.25, 0.3) is 0 Å². The molecule has 1 unspecified atom stereocenters. The molecule has 0 bridgehead atoms. The van der Waals surface area contributed by atoms with Crippen LogP contribution in [0.25, 0.3) is 0 Å². The molecule has 1 aromatic carbocycles. The van der Waals surface area contributed by atoms with Crippen LogP contribution in [-0.4, -0.2) is 12.2 Å². The Morgan fingerprint density at radius 1 is 1.21 bits per heavy atom. The highest BCUT2D eigenvalue weighted by atomic mass is 16.5. The molecule has 1 aliphatic carbocycles. The van der Waals surface area contributed by atoms with E-state index in [1.165, 1.54) is 25.7 Å². The van der Waals surface area contributed by atoms with Crippen molar-refractivity contribution in [2.45, 2.75) is 58.5 Å². The Hall–Kier alpha value is -1.02. The van der Waals surface area contributed by atoms with Crippen LogP contribution in [0.15, 0.2) is 12.1 Å². The van der Waals surface area contributed by atoms with Crippen LogP contribution in [0.3, 0.4) is 0 Å². The Morgan fingerprint density at radius 3 is 2.32 bits per heavy atom. The largest absolute Gasteiger partial charge is 0.496 e. The van der Waals surface area contributed by atoms with Gasteiger partial charge in [0.15, 0.2) is 0 Å². The van der Waals surface area contributed by atoms with E-state index in [1.807, 2.05) is 13.8 Å². The van der Waals surface area contributed by atoms with Crippen molar-refractivity contribution in [3.8, 4) is 5.75 Å². The van der Waals surface area contributed by atoms with E-state index in [4.69, 9.17) is 4.74 Å². The quantitative estimate of drug-likeness (QED) is 0.856. The van der Waals surface area contributed by atoms with E-state index in [0.717, 1.165) is 41.2 Å². The molecule has 19 heavy (non-hydrogen) atoms. The second-order valence-electron chi connectivity index (χ2n) is 5.93. The fraction of sp³-hybridized carbons (Fsp3) is 0.647. The average Bonchev–Trinajstić information content (AvgIpc) is 2.88. The highest BCUT2D eigenvalue weighted by Gasteiger charge is 2.18. The van der Waals surface area contributed by atoms with Gasteiger partial charge in [-0.05, 0) is 61.4 Å². The lowest BCUT2D eigenvalue weighted by Gasteiger charge is -2.17. The molecule has 1 aliphatic rings. The zero-order chi connectivity index (χ0) is 13.8. The molecule has 1 saturated carbocycles. The minimum Gasteiger partial charge on any atom is -0.496 e. The maximum Gasteiger partial charge on any atom is 0.124 e. The van der Waals surface area contributed by atoms with Crippen LogP contribution in [0.1, 0.15) is 61.3 Å². The van der Waals surface area contributed by atoms with Gasteiger partial charge in [-0.2, -0.15) is 0 Å². The van der Waals surface area contributed by atoms with Crippen LogP contribution in [0.4, 0.5) is 0 Å². The Labute approximate surface area is 116 Å². The molecule has 1 fully saturated rings. The number of ether oxygens (including phenoxy) is 1. The lowest BCUT2D eigenvalue weighted by Crippen LogP contribution is -2.03. The van der Waals surface area contributed by atoms with Crippen LogP contribution in [0.2, 0.25) is 0 Å². The van der Waals surface area contributed by atoms with Gasteiger partial charge in [-0.15, -0.1) is 0 Å². The molecule has 1 N–H and O–H groups in total. The zero-order valence-electron chi connectivity index (χ0n) is 12.4. The van der Waals surface area contributed by atoms with Crippen molar-refractivity contribution in [2.75, 3.05) is 7.11 Å². The highest BCUT2D eigenvalue weighted by molar-refractivity contribution is 5.43. The summed E-state index contributed by atoms with van der Waals surface area (Å²) in [5.74, 6) is 1.78. The van der Waals surface area contributed by atoms with Gasteiger partial charge in [-0.1, -0.05) is 25.7 Å². The van der Waals surface area contributed by atoms with Crippen molar-refractivity contribution in [1.82, 2.24) is 0 Å². The smallest absolute Gasteiger partial charge is 0.124 e. The molecule has 1 atom stereocenters. The first kappa shape index (κ1) is 14.4. The van der Waals surface area contributed by atoms with E-state index in [-0.39, 0.29) is 6.10 Å². The monoisotopic (exact) mass is 262 g/mol. The molecular weight excluding hydrogens is 236 g/mol. The summed E-state index contributed by atoms with van der Waals surface area (Å²) >= 11 is 0. The number of rotatable bonds is 5. The van der Waals surface area contributed by atoms with Crippen molar-refractivity contribution >= 4 is 0 Å². The zero-order valence-corrected chi connectivity index (χ0v) is 12.4. The van der Waals surface area contributed by atoms with Gasteiger partial charge in [0, 0.05) is 0 Å². The van der Waals surface area contributed by atoms with Gasteiger partial charge < -0.3 is 9.84 Å². The van der Waals surface area contributed by atoms with E-state index in [2.05, 4.69) is 12.1 Å². The molecule has 0 aromatic heterocycles. The molecule has 0 heterocycles. The molecule has 0 saturated heterocycles. The van der Waals surface area contributed by atoms with Gasteiger partial charge >= 0.3 is 0 Å². The van der Waals surface area contributed by atoms with E-state index in [0.29, 0.717) is 0 Å². The lowest BCUT2D eigenvalue weighted by molar-refractivity contribution is 0.157. The fourth-order valence-corrected chi connectivity index (χ4v) is 3.36. The molecule has 106 valence electrons. The minimum atomic E-state index is -0.330. The SMILES string of the molecule is COc1c(C)cc(C(O)CCC2CCCC2)cc1C. The fourth-order valence-electron chi connectivity index (χ4n) is 3.36. The Balaban J connectivity index is 2.00. The first-order chi connectivity index (χ1) is 9.11. The van der Waals surface area contributed by atoms with Gasteiger partial charge in [-0.3, -0.25) is 0 Å². The number of aliphatic hydroxyl groups is 1. The first-order valence-electron chi connectivity index (χ1n) is 7.45. The molecule has 2 nitrogen and oxygen atoms in total. The standard InChI is InChI=1S/C17H26O2/c1-12-10-15(11-13(2)17(12)19-3)16(18)9-8-14-6-4-5-7-14/h10-11,14,16,18H,4-9H2,1-3H3. The third-order valence-electron chi connectivity index (χ3n) is 4.39. The van der Waals surface area contributed by atoms with Gasteiger partial charge in [0.05, 0.1) is 13.2 Å². The maximum absolute atomic E-state index is 10.4. The Morgan fingerprint density at radius 2 is 1.79 bits per heavy atom. The molecular formula is C17H26O2. The Kier molecular flexibility index (Phi) is 4.87. The molecule has 1 aromatic rings. The number of aryl methyl sites for hydroxylation is 2. The first-order valence-corrected chi connectivity index (χ1v) is 7.45. The van der Waals surface area contributed by atoms with Crippen LogP contribution in [0, 0.1) is 19.8 Å². The summed E-state index contributed by atoms with van der Waals surface area (Å²) in [7, 11) is 1.70. The van der Waals surface area contributed by atoms with Crippen LogP contribution >= 0.6 is 0 Å². The number of benzene rings is 1. The van der Waals surface area contributed by atoms with Crippen molar-refractivity contribution in [3.05, 3.63) is 28.8 Å². The molecule has 2 rings (SSSR count). The second kappa shape index (κ2) is 6.42. The summed E-state index contributed by atoms with van der Waals surface area (Å²) in [4.78, 5) is 0. The second-order valence-corrected chi connectivity index (χ2v) is 5.93. The number of hydrogen-bond donors (Lipinski definition) is 1. The molecule has 0 spiro atoms. The van der Waals surface area contributed by atoms with E-state index >= 15 is 0 Å². The van der Waals surface area contributed by atoms with Crippen molar-refractivity contribution in [1.29, 1.82) is 0 Å². The van der Waals surface area contributed by atoms with Gasteiger partial charge in [0.1, 0.15) is 5.75 Å². The Bertz CT molecular complexity index is 396. The lowest BCUT2D eigenvalue weighted by atomic mass is 9.94. The summed E-state index contributed by atoms with van der Waals surface area (Å²) in [5.41, 5.74) is 3.25. The summed E-state index contributed by atoms with van der Waals surface area (Å²) in [6, 6.07) is 4.12. The van der Waals surface area contributed by atoms with Crippen molar-refractivity contribution in [3.63, 3.8) is 0 Å². The molecule has 0 aliphatic heterocycles. The number of methoxy groups -OCH3 is 1. The maximum atomic E-state index is 10.4. The minimum absolute atomic E-state index is 0.330. The normalized spacial score (nSPS) is 17.7. The van der Waals surface area contributed by atoms with Crippen molar-refractivity contribution in [2.24, 2.45) is 5.92 Å². The third-order valence-corrected chi connectivity index (χ3v) is 4.39. The van der Waals surface area contributed by atoms with E-state index < -0.39 is 0 Å². The van der Waals surface area contributed by atoms with E-state index in [9.17, 15) is 5.11 Å². The number of aliphatic hydroxyl groups excluding tert-OH is 1. The van der Waals surface area contributed by atoms with Gasteiger partial charge in [-0.25, -0.2) is 0 Å². The number of hydrogen-bond acceptors (Lipinski definition) is 2. The van der Waals surface area contributed by atoms with Crippen LogP contribution in [0.5, 0.6) is 5.75 Å². The predicted octanol–water partition coefficient (Wildman–Crippen LogP) is 4.32. The topological polar surface area (TPSA) is 29.5 Å². The summed E-state index contributed by atoms with van der Waals surface area (Å²) < 4.78 is 5.37. The third kappa shape index (κ3) is 3.50. The summed E-state index contributed by atoms with van der Waals surface area (Å²) in [6.45, 7) is 4.08. The predicted molar refractivity (Wildman–Crippen MR) is 78.6 cm³/mol. The summed E-state index contributed by atoms with van der Waals surface area (Å²) in [6.07, 6.45) is 7.18. The summed E-state index contributed by atoms with van der Waals surface area (Å²) in [5, 5.41) is 10.4.